The molecule has 1 aromatic heterocycles. The second-order valence-corrected chi connectivity index (χ2v) is 4.59. The smallest absolute Gasteiger partial charge is 0.294 e. The van der Waals surface area contributed by atoms with E-state index < -0.39 is 5.91 Å². The lowest BCUT2D eigenvalue weighted by atomic mass is 10.2. The molecule has 17 heavy (non-hydrogen) atoms. The van der Waals surface area contributed by atoms with Gasteiger partial charge in [-0.3, -0.25) is 9.59 Å². The van der Waals surface area contributed by atoms with E-state index in [0.29, 0.717) is 28.3 Å². The van der Waals surface area contributed by atoms with E-state index >= 15 is 0 Å². The van der Waals surface area contributed by atoms with Gasteiger partial charge in [0.05, 0.1) is 22.4 Å². The highest BCUT2D eigenvalue weighted by atomic mass is 35.5. The second-order valence-electron chi connectivity index (χ2n) is 3.66. The highest BCUT2D eigenvalue weighted by Gasteiger charge is 2.33. The molecule has 3 rings (SSSR count). The van der Waals surface area contributed by atoms with Gasteiger partial charge in [0.15, 0.2) is 0 Å². The van der Waals surface area contributed by atoms with Gasteiger partial charge in [-0.05, 0) is 12.1 Å². The summed E-state index contributed by atoms with van der Waals surface area (Å²) < 4.78 is 8.21. The van der Waals surface area contributed by atoms with Crippen molar-refractivity contribution in [3.63, 3.8) is 0 Å². The molecule has 1 amide bonds. The number of aromatic nitrogens is 2. The van der Waals surface area contributed by atoms with E-state index in [4.69, 9.17) is 11.6 Å². The summed E-state index contributed by atoms with van der Waals surface area (Å²) in [6, 6.07) is 3.41. The molecule has 2 heterocycles. The molecule has 0 N–H and O–H groups in total. The Morgan fingerprint density at radius 3 is 2.82 bits per heavy atom. The Hall–Kier alpha value is -1.53. The van der Waals surface area contributed by atoms with E-state index in [9.17, 15) is 9.59 Å². The van der Waals surface area contributed by atoms with Crippen molar-refractivity contribution in [2.24, 2.45) is 0 Å². The van der Waals surface area contributed by atoms with Crippen LogP contribution in [0.4, 0.5) is 5.69 Å². The summed E-state index contributed by atoms with van der Waals surface area (Å²) in [7, 11) is 0. The number of Topliss-reactive ketones (excluding diaryl/α,β-unsaturated/α-hetero) is 1. The number of amides is 1. The average Bonchev–Trinajstić information content (AvgIpc) is 2.89. The first-order valence-corrected chi connectivity index (χ1v) is 6.05. The third kappa shape index (κ3) is 1.52. The fraction of sp³-hybridized carbons (Fsp3) is 0.200. The molecule has 1 aliphatic rings. The summed E-state index contributed by atoms with van der Waals surface area (Å²) >= 11 is 7.14. The van der Waals surface area contributed by atoms with E-state index in [1.54, 1.807) is 12.1 Å². The van der Waals surface area contributed by atoms with Crippen molar-refractivity contribution in [3.8, 4) is 0 Å². The van der Waals surface area contributed by atoms with Crippen molar-refractivity contribution in [2.45, 2.75) is 6.42 Å². The molecule has 0 spiro atoms. The molecule has 0 unspecified atom stereocenters. The van der Waals surface area contributed by atoms with Crippen LogP contribution in [-0.2, 0) is 9.59 Å². The van der Waals surface area contributed by atoms with Gasteiger partial charge in [0, 0.05) is 13.0 Å². The molecular weight excluding hydrogens is 262 g/mol. The SMILES string of the molecule is O=C1CCN(c2c(Cl)ccc3nsnc23)C1=O. The van der Waals surface area contributed by atoms with Gasteiger partial charge in [0.2, 0.25) is 5.78 Å². The average molecular weight is 268 g/mol. The molecule has 0 bridgehead atoms. The first-order valence-electron chi connectivity index (χ1n) is 4.94. The largest absolute Gasteiger partial charge is 0.302 e. The molecule has 0 saturated carbocycles. The lowest BCUT2D eigenvalue weighted by Gasteiger charge is -2.16. The van der Waals surface area contributed by atoms with Crippen LogP contribution in [0, 0.1) is 0 Å². The lowest BCUT2D eigenvalue weighted by molar-refractivity contribution is -0.133. The van der Waals surface area contributed by atoms with Crippen molar-refractivity contribution >= 4 is 51.7 Å². The first-order chi connectivity index (χ1) is 8.18. The molecule has 0 atom stereocenters. The van der Waals surface area contributed by atoms with Gasteiger partial charge >= 0.3 is 0 Å². The molecule has 2 aromatic rings. The van der Waals surface area contributed by atoms with Crippen LogP contribution in [0.1, 0.15) is 6.42 Å². The van der Waals surface area contributed by atoms with Crippen LogP contribution in [0.2, 0.25) is 5.02 Å². The minimum absolute atomic E-state index is 0.225. The number of hydrogen-bond acceptors (Lipinski definition) is 5. The highest BCUT2D eigenvalue weighted by Crippen LogP contribution is 2.34. The van der Waals surface area contributed by atoms with Gasteiger partial charge in [-0.2, -0.15) is 8.75 Å². The summed E-state index contributed by atoms with van der Waals surface area (Å²) in [5, 5.41) is 0.410. The van der Waals surface area contributed by atoms with Crippen molar-refractivity contribution in [1.29, 1.82) is 0 Å². The molecule has 7 heteroatoms. The number of fused-ring (bicyclic) bond motifs is 1. The zero-order valence-corrected chi connectivity index (χ0v) is 10.1. The quantitative estimate of drug-likeness (QED) is 0.737. The van der Waals surface area contributed by atoms with Gasteiger partial charge < -0.3 is 4.90 Å². The standard InChI is InChI=1S/C10H6ClN3O2S/c11-5-1-2-6-8(13-17-12-6)9(5)14-4-3-7(15)10(14)16/h1-2H,3-4H2. The summed E-state index contributed by atoms with van der Waals surface area (Å²) in [4.78, 5) is 24.4. The Morgan fingerprint density at radius 1 is 1.29 bits per heavy atom. The van der Waals surface area contributed by atoms with Gasteiger partial charge in [-0.15, -0.1) is 0 Å². The summed E-state index contributed by atoms with van der Waals surface area (Å²) in [6.07, 6.45) is 0.225. The maximum absolute atomic E-state index is 11.7. The van der Waals surface area contributed by atoms with E-state index in [2.05, 4.69) is 8.75 Å². The summed E-state index contributed by atoms with van der Waals surface area (Å²) in [5.74, 6) is -0.909. The molecule has 1 aliphatic heterocycles. The Bertz CT molecular complexity index is 640. The number of carbonyl (C=O) groups is 2. The van der Waals surface area contributed by atoms with Crippen molar-refractivity contribution in [2.75, 3.05) is 11.4 Å². The highest BCUT2D eigenvalue weighted by molar-refractivity contribution is 7.00. The van der Waals surface area contributed by atoms with Gasteiger partial charge in [0.25, 0.3) is 5.91 Å². The molecule has 5 nitrogen and oxygen atoms in total. The minimum atomic E-state index is -0.521. The van der Waals surface area contributed by atoms with Crippen LogP contribution in [0.15, 0.2) is 12.1 Å². The number of hydrogen-bond donors (Lipinski definition) is 0. The Labute approximate surface area is 105 Å². The fourth-order valence-corrected chi connectivity index (χ4v) is 2.65. The maximum atomic E-state index is 11.7. The van der Waals surface area contributed by atoms with Crippen LogP contribution in [-0.4, -0.2) is 27.0 Å². The van der Waals surface area contributed by atoms with Crippen LogP contribution >= 0.6 is 23.3 Å². The predicted octanol–water partition coefficient (Wildman–Crippen LogP) is 1.65. The van der Waals surface area contributed by atoms with E-state index in [1.165, 1.54) is 4.90 Å². The number of benzene rings is 1. The molecule has 0 aliphatic carbocycles. The van der Waals surface area contributed by atoms with Gasteiger partial charge in [-0.25, -0.2) is 0 Å². The Balaban J connectivity index is 2.22. The Kier molecular flexibility index (Phi) is 2.34. The number of rotatable bonds is 1. The summed E-state index contributed by atoms with van der Waals surface area (Å²) in [5.41, 5.74) is 1.75. The number of nitrogens with zero attached hydrogens (tertiary/aromatic N) is 3. The van der Waals surface area contributed by atoms with Crippen LogP contribution in [0.3, 0.4) is 0 Å². The third-order valence-electron chi connectivity index (χ3n) is 2.67. The zero-order valence-electron chi connectivity index (χ0n) is 8.51. The topological polar surface area (TPSA) is 63.2 Å². The number of carbonyl (C=O) groups excluding carboxylic acids is 2. The summed E-state index contributed by atoms with van der Waals surface area (Å²) in [6.45, 7) is 0.355. The van der Waals surface area contributed by atoms with Crippen LogP contribution in [0.5, 0.6) is 0 Å². The van der Waals surface area contributed by atoms with Crippen LogP contribution in [0.25, 0.3) is 11.0 Å². The molecule has 0 radical (unpaired) electrons. The predicted molar refractivity (Wildman–Crippen MR) is 64.4 cm³/mol. The lowest BCUT2D eigenvalue weighted by Crippen LogP contribution is -2.27. The maximum Gasteiger partial charge on any atom is 0.294 e. The molecule has 1 saturated heterocycles. The monoisotopic (exact) mass is 267 g/mol. The van der Waals surface area contributed by atoms with Gasteiger partial charge in [0.1, 0.15) is 11.0 Å². The first kappa shape index (κ1) is 10.6. The van der Waals surface area contributed by atoms with E-state index in [0.717, 1.165) is 11.7 Å². The minimum Gasteiger partial charge on any atom is -0.302 e. The zero-order chi connectivity index (χ0) is 12.0. The van der Waals surface area contributed by atoms with Crippen LogP contribution < -0.4 is 4.90 Å². The van der Waals surface area contributed by atoms with Crippen molar-refractivity contribution in [1.82, 2.24) is 8.75 Å². The van der Waals surface area contributed by atoms with E-state index in [1.807, 2.05) is 0 Å². The number of anilines is 1. The second kappa shape index (κ2) is 3.75. The number of halogens is 1. The molecular formula is C10H6ClN3O2S. The Morgan fingerprint density at radius 2 is 2.12 bits per heavy atom. The third-order valence-corrected chi connectivity index (χ3v) is 3.52. The molecule has 1 fully saturated rings. The molecule has 86 valence electrons. The normalized spacial score (nSPS) is 16.2. The fourth-order valence-electron chi connectivity index (χ4n) is 1.86. The van der Waals surface area contributed by atoms with Gasteiger partial charge in [-0.1, -0.05) is 11.6 Å². The molecule has 1 aromatic carbocycles. The van der Waals surface area contributed by atoms with Crippen molar-refractivity contribution in [3.05, 3.63) is 17.2 Å². The number of ketones is 1. The van der Waals surface area contributed by atoms with Crippen molar-refractivity contribution < 1.29 is 9.59 Å². The van der Waals surface area contributed by atoms with E-state index in [-0.39, 0.29) is 12.2 Å².